The Bertz CT molecular complexity index is 381. The van der Waals surface area contributed by atoms with Crippen LogP contribution in [0, 0.1) is 0 Å². The summed E-state index contributed by atoms with van der Waals surface area (Å²) in [7, 11) is 0. The van der Waals surface area contributed by atoms with Gasteiger partial charge in [-0.25, -0.2) is 0 Å². The number of ether oxygens (including phenoxy) is 1. The van der Waals surface area contributed by atoms with E-state index in [9.17, 15) is 0 Å². The first kappa shape index (κ1) is 14.3. The molecule has 1 fully saturated rings. The van der Waals surface area contributed by atoms with E-state index in [1.54, 1.807) is 0 Å². The number of alkyl halides is 1. The summed E-state index contributed by atoms with van der Waals surface area (Å²) in [5.74, 6) is 0.595. The summed E-state index contributed by atoms with van der Waals surface area (Å²) in [5, 5.41) is 0. The lowest BCUT2D eigenvalue weighted by Gasteiger charge is -2.37. The molecule has 1 aliphatic carbocycles. The summed E-state index contributed by atoms with van der Waals surface area (Å²) in [5.41, 5.74) is 2.59. The Morgan fingerprint density at radius 2 is 1.89 bits per heavy atom. The molecule has 100 valence electrons. The van der Waals surface area contributed by atoms with Crippen LogP contribution in [0.2, 0.25) is 0 Å². The Labute approximate surface area is 124 Å². The number of rotatable bonds is 5. The van der Waals surface area contributed by atoms with Crippen molar-refractivity contribution in [1.82, 2.24) is 0 Å². The standard InChI is InChI=1S/C16H23IO/c1-12(2)13-7-9-14(10-8-13)16(3,11-17)18-15-5-4-6-15/h7-10,12,15H,4-6,11H2,1-3H3. The molecule has 0 saturated heterocycles. The summed E-state index contributed by atoms with van der Waals surface area (Å²) >= 11 is 2.44. The van der Waals surface area contributed by atoms with Crippen LogP contribution in [-0.2, 0) is 10.3 Å². The van der Waals surface area contributed by atoms with E-state index in [1.165, 1.54) is 30.4 Å². The van der Waals surface area contributed by atoms with Gasteiger partial charge in [0.2, 0.25) is 0 Å². The minimum atomic E-state index is -0.124. The van der Waals surface area contributed by atoms with Gasteiger partial charge in [-0.05, 0) is 43.2 Å². The molecule has 1 aromatic carbocycles. The third-order valence-electron chi connectivity index (χ3n) is 3.92. The third-order valence-corrected chi connectivity index (χ3v) is 5.38. The minimum Gasteiger partial charge on any atom is -0.367 e. The molecule has 18 heavy (non-hydrogen) atoms. The molecule has 0 bridgehead atoms. The van der Waals surface area contributed by atoms with E-state index in [2.05, 4.69) is 67.6 Å². The smallest absolute Gasteiger partial charge is 0.0996 e. The molecule has 0 aromatic heterocycles. The Morgan fingerprint density at radius 3 is 2.28 bits per heavy atom. The topological polar surface area (TPSA) is 9.23 Å². The first-order valence-corrected chi connectivity index (χ1v) is 8.42. The van der Waals surface area contributed by atoms with Crippen molar-refractivity contribution < 1.29 is 4.74 Å². The van der Waals surface area contributed by atoms with Crippen molar-refractivity contribution in [3.63, 3.8) is 0 Å². The fraction of sp³-hybridized carbons (Fsp3) is 0.625. The third kappa shape index (κ3) is 3.08. The molecule has 1 saturated carbocycles. The zero-order valence-electron chi connectivity index (χ0n) is 11.6. The van der Waals surface area contributed by atoms with Crippen molar-refractivity contribution in [3.05, 3.63) is 35.4 Å². The summed E-state index contributed by atoms with van der Waals surface area (Å²) in [6.07, 6.45) is 4.27. The van der Waals surface area contributed by atoms with Gasteiger partial charge in [-0.2, -0.15) is 0 Å². The lowest BCUT2D eigenvalue weighted by atomic mass is 9.91. The van der Waals surface area contributed by atoms with Crippen molar-refractivity contribution in [2.75, 3.05) is 4.43 Å². The molecule has 2 heteroatoms. The second-order valence-corrected chi connectivity index (χ2v) is 6.57. The van der Waals surface area contributed by atoms with Crippen LogP contribution in [0.4, 0.5) is 0 Å². The average Bonchev–Trinajstić information content (AvgIpc) is 2.34. The summed E-state index contributed by atoms with van der Waals surface area (Å²) < 4.78 is 7.30. The predicted octanol–water partition coefficient (Wildman–Crippen LogP) is 5.03. The highest BCUT2D eigenvalue weighted by Gasteiger charge is 2.32. The van der Waals surface area contributed by atoms with Crippen molar-refractivity contribution in [2.24, 2.45) is 0 Å². The van der Waals surface area contributed by atoms with Crippen LogP contribution in [0.15, 0.2) is 24.3 Å². The maximum absolute atomic E-state index is 6.30. The molecule has 0 N–H and O–H groups in total. The average molecular weight is 358 g/mol. The van der Waals surface area contributed by atoms with E-state index < -0.39 is 0 Å². The van der Waals surface area contributed by atoms with Gasteiger partial charge in [0.05, 0.1) is 11.7 Å². The first-order chi connectivity index (χ1) is 8.55. The molecule has 1 aromatic rings. The predicted molar refractivity (Wildman–Crippen MR) is 85.5 cm³/mol. The van der Waals surface area contributed by atoms with Gasteiger partial charge in [0.15, 0.2) is 0 Å². The van der Waals surface area contributed by atoms with Crippen molar-refractivity contribution in [1.29, 1.82) is 0 Å². The van der Waals surface area contributed by atoms with E-state index >= 15 is 0 Å². The first-order valence-electron chi connectivity index (χ1n) is 6.89. The Balaban J connectivity index is 2.14. The molecule has 0 amide bonds. The molecule has 0 heterocycles. The van der Waals surface area contributed by atoms with Crippen LogP contribution in [0.3, 0.4) is 0 Å². The number of hydrogen-bond acceptors (Lipinski definition) is 1. The number of benzene rings is 1. The molecule has 0 radical (unpaired) electrons. The van der Waals surface area contributed by atoms with E-state index in [0.717, 1.165) is 4.43 Å². The van der Waals surface area contributed by atoms with Gasteiger partial charge >= 0.3 is 0 Å². The Kier molecular flexibility index (Phi) is 4.70. The molecule has 0 aliphatic heterocycles. The van der Waals surface area contributed by atoms with Crippen LogP contribution in [0.1, 0.15) is 57.1 Å². The summed E-state index contributed by atoms with van der Waals surface area (Å²) in [6.45, 7) is 6.69. The number of halogens is 1. The summed E-state index contributed by atoms with van der Waals surface area (Å²) in [6, 6.07) is 8.97. The van der Waals surface area contributed by atoms with Crippen LogP contribution in [-0.4, -0.2) is 10.5 Å². The van der Waals surface area contributed by atoms with E-state index in [-0.39, 0.29) is 5.60 Å². The van der Waals surface area contributed by atoms with Gasteiger partial charge in [0, 0.05) is 4.43 Å². The molecular weight excluding hydrogens is 335 g/mol. The normalized spacial score (nSPS) is 19.6. The van der Waals surface area contributed by atoms with E-state index in [0.29, 0.717) is 12.0 Å². The lowest BCUT2D eigenvalue weighted by Crippen LogP contribution is -2.36. The molecular formula is C16H23IO. The fourth-order valence-electron chi connectivity index (χ4n) is 2.25. The van der Waals surface area contributed by atoms with E-state index in [4.69, 9.17) is 4.74 Å². The van der Waals surface area contributed by atoms with Crippen LogP contribution < -0.4 is 0 Å². The van der Waals surface area contributed by atoms with Crippen LogP contribution >= 0.6 is 22.6 Å². The monoisotopic (exact) mass is 358 g/mol. The second kappa shape index (κ2) is 5.91. The molecule has 1 nitrogen and oxygen atoms in total. The summed E-state index contributed by atoms with van der Waals surface area (Å²) in [4.78, 5) is 0. The SMILES string of the molecule is CC(C)c1ccc(C(C)(CI)OC2CCC2)cc1. The van der Waals surface area contributed by atoms with Crippen LogP contribution in [0.5, 0.6) is 0 Å². The van der Waals surface area contributed by atoms with Gasteiger partial charge in [-0.3, -0.25) is 0 Å². The van der Waals surface area contributed by atoms with Gasteiger partial charge in [-0.15, -0.1) is 0 Å². The van der Waals surface area contributed by atoms with Gasteiger partial charge in [0.1, 0.15) is 0 Å². The zero-order valence-corrected chi connectivity index (χ0v) is 13.7. The lowest BCUT2D eigenvalue weighted by molar-refractivity contribution is -0.102. The van der Waals surface area contributed by atoms with Gasteiger partial charge in [-0.1, -0.05) is 60.7 Å². The highest BCUT2D eigenvalue weighted by molar-refractivity contribution is 14.1. The quantitative estimate of drug-likeness (QED) is 0.530. The molecule has 0 spiro atoms. The Morgan fingerprint density at radius 1 is 1.28 bits per heavy atom. The zero-order chi connectivity index (χ0) is 13.2. The highest BCUT2D eigenvalue weighted by Crippen LogP contribution is 2.35. The van der Waals surface area contributed by atoms with Crippen LogP contribution in [0.25, 0.3) is 0 Å². The number of hydrogen-bond donors (Lipinski definition) is 0. The second-order valence-electron chi connectivity index (χ2n) is 5.81. The maximum Gasteiger partial charge on any atom is 0.0996 e. The fourth-order valence-corrected chi connectivity index (χ4v) is 2.87. The largest absolute Gasteiger partial charge is 0.367 e. The van der Waals surface area contributed by atoms with E-state index in [1.807, 2.05) is 0 Å². The van der Waals surface area contributed by atoms with Gasteiger partial charge in [0.25, 0.3) is 0 Å². The molecule has 1 aliphatic rings. The maximum atomic E-state index is 6.30. The minimum absolute atomic E-state index is 0.124. The highest BCUT2D eigenvalue weighted by atomic mass is 127. The molecule has 1 unspecified atom stereocenters. The Hall–Kier alpha value is -0.0900. The van der Waals surface area contributed by atoms with Crippen molar-refractivity contribution in [2.45, 2.75) is 57.7 Å². The molecule has 1 atom stereocenters. The van der Waals surface area contributed by atoms with Crippen molar-refractivity contribution in [3.8, 4) is 0 Å². The van der Waals surface area contributed by atoms with Crippen molar-refractivity contribution >= 4 is 22.6 Å². The molecule has 2 rings (SSSR count). The van der Waals surface area contributed by atoms with Gasteiger partial charge < -0.3 is 4.74 Å².